The van der Waals surface area contributed by atoms with Crippen molar-refractivity contribution in [2.24, 2.45) is 11.8 Å². The lowest BCUT2D eigenvalue weighted by Crippen LogP contribution is -2.53. The molecular formula is C14H24ClF5N2O. The Balaban J connectivity index is 0.00000264. The van der Waals surface area contributed by atoms with Crippen molar-refractivity contribution in [2.75, 3.05) is 32.8 Å². The van der Waals surface area contributed by atoms with Gasteiger partial charge in [-0.2, -0.15) is 22.0 Å². The van der Waals surface area contributed by atoms with E-state index in [1.807, 2.05) is 0 Å². The summed E-state index contributed by atoms with van der Waals surface area (Å²) in [5.41, 5.74) is 0. The fourth-order valence-electron chi connectivity index (χ4n) is 3.40. The number of hydrogen-bond acceptors (Lipinski definition) is 3. The van der Waals surface area contributed by atoms with Crippen LogP contribution in [-0.4, -0.2) is 56.5 Å². The van der Waals surface area contributed by atoms with Crippen molar-refractivity contribution in [1.29, 1.82) is 0 Å². The second-order valence-electron chi connectivity index (χ2n) is 6.26. The maximum atomic E-state index is 12.6. The van der Waals surface area contributed by atoms with Gasteiger partial charge in [-0.05, 0) is 31.6 Å². The summed E-state index contributed by atoms with van der Waals surface area (Å²) in [6.07, 6.45) is -2.48. The Hall–Kier alpha value is -0.180. The van der Waals surface area contributed by atoms with Crippen LogP contribution < -0.4 is 5.32 Å². The van der Waals surface area contributed by atoms with Crippen molar-refractivity contribution in [3.63, 3.8) is 0 Å². The summed E-state index contributed by atoms with van der Waals surface area (Å²) in [5, 5.41) is 3.12. The van der Waals surface area contributed by atoms with E-state index in [1.54, 1.807) is 0 Å². The van der Waals surface area contributed by atoms with Crippen LogP contribution in [0.4, 0.5) is 22.0 Å². The lowest BCUT2D eigenvalue weighted by Gasteiger charge is -2.37. The summed E-state index contributed by atoms with van der Waals surface area (Å²) in [6.45, 7) is 0.0209. The fourth-order valence-corrected chi connectivity index (χ4v) is 3.40. The first-order valence-electron chi connectivity index (χ1n) is 7.77. The zero-order valence-corrected chi connectivity index (χ0v) is 13.6. The normalized spacial score (nSPS) is 30.3. The van der Waals surface area contributed by atoms with Crippen LogP contribution in [-0.2, 0) is 4.74 Å². The van der Waals surface area contributed by atoms with Gasteiger partial charge in [0.1, 0.15) is 0 Å². The minimum atomic E-state index is -4.07. The molecule has 9 heteroatoms. The van der Waals surface area contributed by atoms with Crippen LogP contribution in [0.5, 0.6) is 0 Å². The van der Waals surface area contributed by atoms with Crippen LogP contribution in [0.3, 0.4) is 0 Å². The molecule has 138 valence electrons. The highest BCUT2D eigenvalue weighted by atomic mass is 35.5. The fraction of sp³-hybridized carbons (Fsp3) is 1.00. The van der Waals surface area contributed by atoms with Gasteiger partial charge in [0.05, 0.1) is 12.5 Å². The first kappa shape index (κ1) is 20.9. The highest BCUT2D eigenvalue weighted by Crippen LogP contribution is 2.39. The Kier molecular flexibility index (Phi) is 8.47. The predicted molar refractivity (Wildman–Crippen MR) is 78.9 cm³/mol. The Labute approximate surface area is 139 Å². The van der Waals surface area contributed by atoms with Gasteiger partial charge in [0.15, 0.2) is 0 Å². The number of rotatable bonds is 5. The van der Waals surface area contributed by atoms with Crippen LogP contribution >= 0.6 is 12.4 Å². The highest BCUT2D eigenvalue weighted by molar-refractivity contribution is 5.85. The van der Waals surface area contributed by atoms with Crippen molar-refractivity contribution in [2.45, 2.75) is 44.5 Å². The topological polar surface area (TPSA) is 24.5 Å². The van der Waals surface area contributed by atoms with E-state index in [9.17, 15) is 22.0 Å². The number of piperazine rings is 1. The molecule has 1 aliphatic heterocycles. The van der Waals surface area contributed by atoms with Crippen molar-refractivity contribution < 1.29 is 26.7 Å². The Bertz CT molecular complexity index is 338. The number of hydrogen-bond donors (Lipinski definition) is 1. The van der Waals surface area contributed by atoms with E-state index in [0.29, 0.717) is 25.9 Å². The Morgan fingerprint density at radius 1 is 1.13 bits per heavy atom. The second kappa shape index (κ2) is 9.34. The molecule has 3 nitrogen and oxygen atoms in total. The molecule has 23 heavy (non-hydrogen) atoms. The first-order valence-corrected chi connectivity index (χ1v) is 7.77. The zero-order chi connectivity index (χ0) is 16.2. The SMILES string of the molecule is Cl.FC(F)OCC1CN(CC2CCC(C(F)(F)F)CC2)CCN1. The van der Waals surface area contributed by atoms with Gasteiger partial charge in [-0.15, -0.1) is 12.4 Å². The molecule has 2 fully saturated rings. The monoisotopic (exact) mass is 366 g/mol. The molecule has 1 heterocycles. The standard InChI is InChI=1S/C14H23F5N2O.ClH/c15-13(16)22-9-12-8-21(6-5-20-12)7-10-1-3-11(4-2-10)14(17,18)19;/h10-13,20H,1-9H2;1H. The molecule has 0 radical (unpaired) electrons. The minimum absolute atomic E-state index is 0. The van der Waals surface area contributed by atoms with Crippen LogP contribution in [0.25, 0.3) is 0 Å². The van der Waals surface area contributed by atoms with E-state index < -0.39 is 18.7 Å². The van der Waals surface area contributed by atoms with Crippen molar-refractivity contribution in [3.05, 3.63) is 0 Å². The highest BCUT2D eigenvalue weighted by Gasteiger charge is 2.41. The number of nitrogens with one attached hydrogen (secondary N) is 1. The smallest absolute Gasteiger partial charge is 0.321 e. The summed E-state index contributed by atoms with van der Waals surface area (Å²) in [4.78, 5) is 2.15. The van der Waals surface area contributed by atoms with E-state index in [-0.39, 0.29) is 43.8 Å². The molecule has 0 aromatic carbocycles. The van der Waals surface area contributed by atoms with Gasteiger partial charge in [-0.25, -0.2) is 0 Å². The van der Waals surface area contributed by atoms with E-state index in [0.717, 1.165) is 13.1 Å². The third kappa shape index (κ3) is 7.07. The Morgan fingerprint density at radius 3 is 2.35 bits per heavy atom. The molecule has 1 aliphatic carbocycles. The predicted octanol–water partition coefficient (Wildman–Crippen LogP) is 3.29. The van der Waals surface area contributed by atoms with Gasteiger partial charge >= 0.3 is 12.8 Å². The van der Waals surface area contributed by atoms with Gasteiger partial charge in [-0.3, -0.25) is 0 Å². The van der Waals surface area contributed by atoms with Gasteiger partial charge in [0, 0.05) is 32.2 Å². The Morgan fingerprint density at radius 2 is 1.78 bits per heavy atom. The first-order chi connectivity index (χ1) is 10.3. The average molecular weight is 367 g/mol. The molecule has 1 atom stereocenters. The van der Waals surface area contributed by atoms with E-state index in [4.69, 9.17) is 0 Å². The van der Waals surface area contributed by atoms with Crippen LogP contribution in [0.15, 0.2) is 0 Å². The van der Waals surface area contributed by atoms with Crippen LogP contribution in [0.1, 0.15) is 25.7 Å². The number of nitrogens with zero attached hydrogens (tertiary/aromatic N) is 1. The van der Waals surface area contributed by atoms with Gasteiger partial charge < -0.3 is 15.0 Å². The van der Waals surface area contributed by atoms with Crippen LogP contribution in [0, 0.1) is 11.8 Å². The van der Waals surface area contributed by atoms with Gasteiger partial charge in [0.2, 0.25) is 0 Å². The van der Waals surface area contributed by atoms with Crippen molar-refractivity contribution >= 4 is 12.4 Å². The molecule has 1 unspecified atom stereocenters. The van der Waals surface area contributed by atoms with E-state index in [2.05, 4.69) is 15.0 Å². The zero-order valence-electron chi connectivity index (χ0n) is 12.8. The number of ether oxygens (including phenoxy) is 1. The quantitative estimate of drug-likeness (QED) is 0.756. The lowest BCUT2D eigenvalue weighted by atomic mass is 9.81. The van der Waals surface area contributed by atoms with E-state index >= 15 is 0 Å². The summed E-state index contributed by atoms with van der Waals surface area (Å²) in [7, 11) is 0. The lowest BCUT2D eigenvalue weighted by molar-refractivity contribution is -0.184. The molecule has 0 aromatic heterocycles. The minimum Gasteiger partial charge on any atom is -0.321 e. The molecule has 1 saturated carbocycles. The van der Waals surface area contributed by atoms with Gasteiger partial charge in [0.25, 0.3) is 0 Å². The van der Waals surface area contributed by atoms with E-state index in [1.165, 1.54) is 0 Å². The summed E-state index contributed by atoms with van der Waals surface area (Å²) in [6, 6.07) is -0.144. The third-order valence-electron chi connectivity index (χ3n) is 4.59. The maximum absolute atomic E-state index is 12.6. The molecule has 0 amide bonds. The van der Waals surface area contributed by atoms with Crippen molar-refractivity contribution in [1.82, 2.24) is 10.2 Å². The molecule has 2 aliphatic rings. The summed E-state index contributed by atoms with van der Waals surface area (Å²) in [5.74, 6) is -0.882. The van der Waals surface area contributed by atoms with Crippen molar-refractivity contribution in [3.8, 4) is 0 Å². The molecule has 1 saturated heterocycles. The largest absolute Gasteiger partial charge is 0.391 e. The number of halogens is 6. The molecule has 0 spiro atoms. The summed E-state index contributed by atoms with van der Waals surface area (Å²) >= 11 is 0. The molecule has 0 bridgehead atoms. The second-order valence-corrected chi connectivity index (χ2v) is 6.26. The van der Waals surface area contributed by atoms with Gasteiger partial charge in [-0.1, -0.05) is 0 Å². The molecular weight excluding hydrogens is 343 g/mol. The summed E-state index contributed by atoms with van der Waals surface area (Å²) < 4.78 is 66.3. The van der Waals surface area contributed by atoms with Crippen LogP contribution in [0.2, 0.25) is 0 Å². The maximum Gasteiger partial charge on any atom is 0.391 e. The molecule has 1 N–H and O–H groups in total. The molecule has 0 aromatic rings. The average Bonchev–Trinajstić information content (AvgIpc) is 2.45. The number of alkyl halides is 5. The molecule has 2 rings (SSSR count). The third-order valence-corrected chi connectivity index (χ3v) is 4.59.